The number of hydrogen-bond donors (Lipinski definition) is 0. The van der Waals surface area contributed by atoms with Gasteiger partial charge in [0.15, 0.2) is 0 Å². The molecule has 0 saturated carbocycles. The quantitative estimate of drug-likeness (QED) is 0.430. The van der Waals surface area contributed by atoms with Crippen LogP contribution in [0.3, 0.4) is 0 Å². The molecule has 0 aliphatic carbocycles. The Morgan fingerprint density at radius 1 is 1.06 bits per heavy atom. The standard InChI is InChI=1S/C20H15F4N5O3/c1-20(2)18(30)28(19(31)29(20)14-12(21)4-3-5-13(14)22)9-11-7-6-10(8-25-11)16-26-27-17(32-16)15(23)24/h3-8,15H,9H2,1-2H3. The van der Waals surface area contributed by atoms with E-state index in [1.54, 1.807) is 0 Å². The fourth-order valence-corrected chi connectivity index (χ4v) is 3.34. The zero-order valence-electron chi connectivity index (χ0n) is 16.7. The molecule has 0 bridgehead atoms. The number of carbonyl (C=O) groups is 2. The summed E-state index contributed by atoms with van der Waals surface area (Å²) in [7, 11) is 0. The van der Waals surface area contributed by atoms with Gasteiger partial charge in [-0.2, -0.15) is 8.78 Å². The van der Waals surface area contributed by atoms with Crippen LogP contribution in [0.2, 0.25) is 0 Å². The van der Waals surface area contributed by atoms with Gasteiger partial charge in [-0.3, -0.25) is 19.6 Å². The van der Waals surface area contributed by atoms with Crippen LogP contribution in [0.5, 0.6) is 0 Å². The highest BCUT2D eigenvalue weighted by Gasteiger charge is 2.53. The van der Waals surface area contributed by atoms with E-state index in [4.69, 9.17) is 4.42 Å². The van der Waals surface area contributed by atoms with E-state index in [-0.39, 0.29) is 23.7 Å². The molecule has 166 valence electrons. The van der Waals surface area contributed by atoms with Gasteiger partial charge in [0, 0.05) is 6.20 Å². The summed E-state index contributed by atoms with van der Waals surface area (Å²) < 4.78 is 58.7. The molecule has 12 heteroatoms. The molecule has 3 amide bonds. The second kappa shape index (κ2) is 7.70. The molecule has 1 fully saturated rings. The maximum atomic E-state index is 14.3. The number of imide groups is 1. The Morgan fingerprint density at radius 3 is 2.31 bits per heavy atom. The molecule has 3 heterocycles. The monoisotopic (exact) mass is 449 g/mol. The number of carbonyl (C=O) groups excluding carboxylic acids is 2. The van der Waals surface area contributed by atoms with Crippen LogP contribution in [-0.2, 0) is 11.3 Å². The van der Waals surface area contributed by atoms with Crippen LogP contribution < -0.4 is 4.90 Å². The number of para-hydroxylation sites is 1. The summed E-state index contributed by atoms with van der Waals surface area (Å²) >= 11 is 0. The van der Waals surface area contributed by atoms with Crippen molar-refractivity contribution in [3.63, 3.8) is 0 Å². The Balaban J connectivity index is 1.59. The molecule has 1 aliphatic heterocycles. The first-order valence-corrected chi connectivity index (χ1v) is 9.28. The second-order valence-corrected chi connectivity index (χ2v) is 7.42. The lowest BCUT2D eigenvalue weighted by molar-refractivity contribution is -0.130. The van der Waals surface area contributed by atoms with E-state index in [0.29, 0.717) is 0 Å². The topological polar surface area (TPSA) is 92.4 Å². The van der Waals surface area contributed by atoms with Crippen LogP contribution in [0.15, 0.2) is 40.9 Å². The lowest BCUT2D eigenvalue weighted by atomic mass is 10.0. The third kappa shape index (κ3) is 3.47. The van der Waals surface area contributed by atoms with Crippen molar-refractivity contribution in [2.24, 2.45) is 0 Å². The molecule has 0 spiro atoms. The average Bonchev–Trinajstić information content (AvgIpc) is 3.29. The van der Waals surface area contributed by atoms with Gasteiger partial charge in [-0.15, -0.1) is 10.2 Å². The number of nitrogens with zero attached hydrogens (tertiary/aromatic N) is 5. The van der Waals surface area contributed by atoms with Gasteiger partial charge in [-0.25, -0.2) is 13.6 Å². The van der Waals surface area contributed by atoms with Crippen molar-refractivity contribution in [1.29, 1.82) is 0 Å². The van der Waals surface area contributed by atoms with Gasteiger partial charge in [0.2, 0.25) is 5.89 Å². The first-order valence-electron chi connectivity index (χ1n) is 9.28. The number of pyridine rings is 1. The number of alkyl halides is 2. The molecule has 3 aromatic rings. The molecule has 0 N–H and O–H groups in total. The molecular formula is C20H15F4N5O3. The van der Waals surface area contributed by atoms with E-state index in [1.165, 1.54) is 32.2 Å². The molecule has 4 rings (SSSR count). The van der Waals surface area contributed by atoms with Crippen LogP contribution >= 0.6 is 0 Å². The van der Waals surface area contributed by atoms with E-state index in [9.17, 15) is 27.2 Å². The van der Waals surface area contributed by atoms with Crippen LogP contribution in [0.25, 0.3) is 11.5 Å². The van der Waals surface area contributed by atoms with E-state index in [1.807, 2.05) is 0 Å². The van der Waals surface area contributed by atoms with Gasteiger partial charge in [0.1, 0.15) is 22.9 Å². The minimum atomic E-state index is -2.92. The smallest absolute Gasteiger partial charge is 0.332 e. The summed E-state index contributed by atoms with van der Waals surface area (Å²) in [5.74, 6) is -3.64. The van der Waals surface area contributed by atoms with Crippen LogP contribution in [0.1, 0.15) is 31.9 Å². The van der Waals surface area contributed by atoms with Crippen LogP contribution in [0.4, 0.5) is 28.0 Å². The normalized spacial score (nSPS) is 15.8. The second-order valence-electron chi connectivity index (χ2n) is 7.42. The van der Waals surface area contributed by atoms with Crippen LogP contribution in [-0.4, -0.2) is 37.6 Å². The van der Waals surface area contributed by atoms with E-state index in [2.05, 4.69) is 15.2 Å². The predicted octanol–water partition coefficient (Wildman–Crippen LogP) is 4.09. The Hall–Kier alpha value is -3.83. The van der Waals surface area contributed by atoms with Gasteiger partial charge in [-0.05, 0) is 38.1 Å². The first-order chi connectivity index (χ1) is 15.1. The molecule has 2 aromatic heterocycles. The molecular weight excluding hydrogens is 434 g/mol. The minimum absolute atomic E-state index is 0.171. The largest absolute Gasteiger partial charge is 0.415 e. The predicted molar refractivity (Wildman–Crippen MR) is 101 cm³/mol. The summed E-state index contributed by atoms with van der Waals surface area (Å²) in [5, 5.41) is 6.74. The Bertz CT molecular complexity index is 1180. The minimum Gasteiger partial charge on any atom is -0.415 e. The molecule has 1 aromatic carbocycles. The van der Waals surface area contributed by atoms with E-state index >= 15 is 0 Å². The molecule has 0 radical (unpaired) electrons. The highest BCUT2D eigenvalue weighted by Crippen LogP contribution is 2.37. The zero-order valence-corrected chi connectivity index (χ0v) is 16.7. The van der Waals surface area contributed by atoms with Crippen molar-refractivity contribution < 1.29 is 31.6 Å². The summed E-state index contributed by atoms with van der Waals surface area (Å²) in [6.45, 7) is 2.48. The number of benzene rings is 1. The maximum Gasteiger partial charge on any atom is 0.332 e. The van der Waals surface area contributed by atoms with Crippen LogP contribution in [0, 0.1) is 11.6 Å². The van der Waals surface area contributed by atoms with Gasteiger partial charge < -0.3 is 4.42 Å². The van der Waals surface area contributed by atoms with Crippen molar-refractivity contribution in [1.82, 2.24) is 20.1 Å². The van der Waals surface area contributed by atoms with Gasteiger partial charge in [0.05, 0.1) is 17.8 Å². The Kier molecular flexibility index (Phi) is 5.15. The number of rotatable bonds is 5. The molecule has 1 aliphatic rings. The Morgan fingerprint density at radius 2 is 1.75 bits per heavy atom. The van der Waals surface area contributed by atoms with Gasteiger partial charge in [0.25, 0.3) is 11.8 Å². The molecule has 8 nitrogen and oxygen atoms in total. The summed E-state index contributed by atoms with van der Waals surface area (Å²) in [4.78, 5) is 31.6. The summed E-state index contributed by atoms with van der Waals surface area (Å²) in [6, 6.07) is 5.10. The van der Waals surface area contributed by atoms with Gasteiger partial charge >= 0.3 is 12.5 Å². The highest BCUT2D eigenvalue weighted by molar-refractivity contribution is 6.16. The molecule has 1 saturated heterocycles. The molecule has 0 unspecified atom stereocenters. The van der Waals surface area contributed by atoms with E-state index in [0.717, 1.165) is 28.0 Å². The SMILES string of the molecule is CC1(C)C(=O)N(Cc2ccc(-c3nnc(C(F)F)o3)cn2)C(=O)N1c1c(F)cccc1F. The molecule has 32 heavy (non-hydrogen) atoms. The first kappa shape index (κ1) is 21.4. The fourth-order valence-electron chi connectivity index (χ4n) is 3.34. The fraction of sp³-hybridized carbons (Fsp3) is 0.250. The summed E-state index contributed by atoms with van der Waals surface area (Å²) in [5.41, 5.74) is -1.65. The number of aromatic nitrogens is 3. The number of hydrogen-bond acceptors (Lipinski definition) is 6. The third-order valence-corrected chi connectivity index (χ3v) is 4.93. The lowest BCUT2D eigenvalue weighted by Gasteiger charge is -2.28. The van der Waals surface area contributed by atoms with Crippen molar-refractivity contribution in [3.8, 4) is 11.5 Å². The summed E-state index contributed by atoms with van der Waals surface area (Å²) in [6.07, 6.45) is -1.66. The van der Waals surface area contributed by atoms with Crippen molar-refractivity contribution in [2.75, 3.05) is 4.90 Å². The number of anilines is 1. The zero-order chi connectivity index (χ0) is 23.2. The lowest BCUT2D eigenvalue weighted by Crippen LogP contribution is -2.45. The van der Waals surface area contributed by atoms with E-state index < -0.39 is 47.1 Å². The number of halogens is 4. The number of urea groups is 1. The van der Waals surface area contributed by atoms with Gasteiger partial charge in [-0.1, -0.05) is 6.07 Å². The highest BCUT2D eigenvalue weighted by atomic mass is 19.3. The molecule has 0 atom stereocenters. The average molecular weight is 449 g/mol. The Labute approximate surface area is 178 Å². The van der Waals surface area contributed by atoms with Crippen molar-refractivity contribution >= 4 is 17.6 Å². The maximum absolute atomic E-state index is 14.3. The third-order valence-electron chi connectivity index (χ3n) is 4.93. The van der Waals surface area contributed by atoms with Crippen molar-refractivity contribution in [3.05, 3.63) is 59.7 Å². The van der Waals surface area contributed by atoms with Crippen molar-refractivity contribution in [2.45, 2.75) is 32.4 Å². The number of amides is 3.